The van der Waals surface area contributed by atoms with Crippen LogP contribution in [0.3, 0.4) is 0 Å². The molecule has 0 radical (unpaired) electrons. The van der Waals surface area contributed by atoms with Crippen molar-refractivity contribution in [2.75, 3.05) is 19.4 Å². The smallest absolute Gasteiger partial charge is 0.224 e. The fourth-order valence-electron chi connectivity index (χ4n) is 4.21. The monoisotopic (exact) mass is 513 g/mol. The van der Waals surface area contributed by atoms with E-state index in [9.17, 15) is 4.79 Å². The molecule has 4 rings (SSSR count). The predicted octanol–water partition coefficient (Wildman–Crippen LogP) is 6.87. The molecule has 3 aromatic carbocycles. The van der Waals surface area contributed by atoms with E-state index in [4.69, 9.17) is 9.72 Å². The number of unbranched alkanes of at least 4 members (excludes halogenated alkanes) is 1. The number of hydrogen-bond donors (Lipinski definition) is 1. The van der Waals surface area contributed by atoms with Gasteiger partial charge in [0.25, 0.3) is 0 Å². The lowest BCUT2D eigenvalue weighted by molar-refractivity contribution is -0.120. The number of rotatable bonds is 13. The molecule has 0 aliphatic rings. The molecule has 0 aliphatic heterocycles. The Morgan fingerprint density at radius 1 is 0.919 bits per heavy atom. The molecule has 0 atom stereocenters. The summed E-state index contributed by atoms with van der Waals surface area (Å²) in [5.41, 5.74) is 5.49. The fourth-order valence-corrected chi connectivity index (χ4v) is 5.17. The third kappa shape index (κ3) is 7.26. The molecule has 4 aromatic rings. The van der Waals surface area contributed by atoms with Gasteiger partial charge in [-0.2, -0.15) is 0 Å². The highest BCUT2D eigenvalue weighted by molar-refractivity contribution is 7.99. The van der Waals surface area contributed by atoms with Gasteiger partial charge >= 0.3 is 0 Å². The molecule has 0 aliphatic carbocycles. The first-order chi connectivity index (χ1) is 18.2. The lowest BCUT2D eigenvalue weighted by atomic mass is 10.0. The number of ether oxygens (including phenoxy) is 1. The maximum atomic E-state index is 12.4. The quantitative estimate of drug-likeness (QED) is 0.157. The lowest BCUT2D eigenvalue weighted by Gasteiger charge is -2.13. The van der Waals surface area contributed by atoms with E-state index in [1.807, 2.05) is 30.3 Å². The fraction of sp³-hybridized carbons (Fsp3) is 0.290. The largest absolute Gasteiger partial charge is 0.497 e. The van der Waals surface area contributed by atoms with Gasteiger partial charge in [-0.25, -0.2) is 4.98 Å². The van der Waals surface area contributed by atoms with Crippen LogP contribution >= 0.6 is 11.8 Å². The van der Waals surface area contributed by atoms with Crippen molar-refractivity contribution in [2.24, 2.45) is 0 Å². The number of benzene rings is 3. The van der Waals surface area contributed by atoms with Crippen molar-refractivity contribution in [2.45, 2.75) is 44.3 Å². The van der Waals surface area contributed by atoms with Crippen molar-refractivity contribution in [1.29, 1.82) is 0 Å². The number of methoxy groups -OCH3 is 1. The highest BCUT2D eigenvalue weighted by Crippen LogP contribution is 2.36. The normalized spacial score (nSPS) is 10.9. The molecule has 1 heterocycles. The minimum absolute atomic E-state index is 0.0392. The molecule has 1 N–H and O–H groups in total. The van der Waals surface area contributed by atoms with Gasteiger partial charge in [0, 0.05) is 30.0 Å². The van der Waals surface area contributed by atoms with Gasteiger partial charge in [0.2, 0.25) is 5.91 Å². The van der Waals surface area contributed by atoms with Gasteiger partial charge in [0.1, 0.15) is 5.75 Å². The van der Waals surface area contributed by atoms with E-state index in [1.54, 1.807) is 18.9 Å². The summed E-state index contributed by atoms with van der Waals surface area (Å²) >= 11 is 1.77. The summed E-state index contributed by atoms with van der Waals surface area (Å²) in [6.45, 7) is 3.80. The molecular weight excluding hydrogens is 478 g/mol. The molecule has 0 bridgehead atoms. The summed E-state index contributed by atoms with van der Waals surface area (Å²) in [6, 6.07) is 28.6. The Morgan fingerprint density at radius 2 is 1.59 bits per heavy atom. The Kier molecular flexibility index (Phi) is 9.83. The molecule has 0 saturated heterocycles. The molecule has 6 heteroatoms. The Hall–Kier alpha value is -3.51. The van der Waals surface area contributed by atoms with Crippen LogP contribution in [0.15, 0.2) is 90.1 Å². The highest BCUT2D eigenvalue weighted by atomic mass is 32.2. The van der Waals surface area contributed by atoms with Crippen LogP contribution in [-0.2, 0) is 17.8 Å². The van der Waals surface area contributed by atoms with Gasteiger partial charge in [-0.1, -0.05) is 97.9 Å². The van der Waals surface area contributed by atoms with Crippen LogP contribution in [0.4, 0.5) is 0 Å². The second-order valence-electron chi connectivity index (χ2n) is 8.91. The third-order valence-corrected chi connectivity index (χ3v) is 7.22. The number of imidazole rings is 1. The molecule has 1 amide bonds. The van der Waals surface area contributed by atoms with Crippen molar-refractivity contribution in [3.63, 3.8) is 0 Å². The zero-order valence-electron chi connectivity index (χ0n) is 21.7. The highest BCUT2D eigenvalue weighted by Gasteiger charge is 2.20. The van der Waals surface area contributed by atoms with Gasteiger partial charge in [0.15, 0.2) is 5.16 Å². The molecule has 1 aromatic heterocycles. The van der Waals surface area contributed by atoms with Gasteiger partial charge in [-0.15, -0.1) is 0 Å². The summed E-state index contributed by atoms with van der Waals surface area (Å²) in [7, 11) is 1.64. The van der Waals surface area contributed by atoms with Crippen molar-refractivity contribution < 1.29 is 9.53 Å². The van der Waals surface area contributed by atoms with E-state index in [0.29, 0.717) is 13.0 Å². The van der Waals surface area contributed by atoms with E-state index in [2.05, 4.69) is 71.4 Å². The molecule has 0 unspecified atom stereocenters. The minimum atomic E-state index is 0.0392. The number of carbonyl (C=O) groups excluding carboxylic acids is 1. The molecular formula is C31H35N3O2S. The molecule has 37 heavy (non-hydrogen) atoms. The topological polar surface area (TPSA) is 56.2 Å². The lowest BCUT2D eigenvalue weighted by Crippen LogP contribution is -2.26. The second-order valence-corrected chi connectivity index (χ2v) is 9.97. The molecule has 0 fully saturated rings. The number of aromatic nitrogens is 2. The SMILES string of the molecule is CCCCn1c(SCCCNC(=O)Cc2ccc(OC)cc2)nc(-c2ccccc2)c1-c1ccccc1. The van der Waals surface area contributed by atoms with E-state index in [1.165, 1.54) is 11.3 Å². The van der Waals surface area contributed by atoms with Crippen LogP contribution in [0.5, 0.6) is 5.75 Å². The first kappa shape index (κ1) is 26.6. The van der Waals surface area contributed by atoms with Crippen LogP contribution in [0.1, 0.15) is 31.7 Å². The third-order valence-electron chi connectivity index (χ3n) is 6.16. The molecule has 0 saturated carbocycles. The molecule has 0 spiro atoms. The number of nitrogens with zero attached hydrogens (tertiary/aromatic N) is 2. The summed E-state index contributed by atoms with van der Waals surface area (Å²) in [4.78, 5) is 17.5. The maximum Gasteiger partial charge on any atom is 0.224 e. The van der Waals surface area contributed by atoms with Crippen LogP contribution in [0.2, 0.25) is 0 Å². The van der Waals surface area contributed by atoms with Crippen molar-refractivity contribution in [3.8, 4) is 28.3 Å². The summed E-state index contributed by atoms with van der Waals surface area (Å²) in [5, 5.41) is 4.09. The van der Waals surface area contributed by atoms with Crippen LogP contribution in [0, 0.1) is 0 Å². The number of nitrogens with one attached hydrogen (secondary N) is 1. The van der Waals surface area contributed by atoms with Gasteiger partial charge in [-0.3, -0.25) is 4.79 Å². The molecule has 192 valence electrons. The van der Waals surface area contributed by atoms with E-state index in [0.717, 1.165) is 59.3 Å². The number of carbonyl (C=O) groups is 1. The van der Waals surface area contributed by atoms with Crippen molar-refractivity contribution in [3.05, 3.63) is 90.5 Å². The van der Waals surface area contributed by atoms with Crippen molar-refractivity contribution >= 4 is 17.7 Å². The van der Waals surface area contributed by atoms with Crippen LogP contribution in [0.25, 0.3) is 22.5 Å². The zero-order valence-corrected chi connectivity index (χ0v) is 22.5. The van der Waals surface area contributed by atoms with E-state index in [-0.39, 0.29) is 5.91 Å². The van der Waals surface area contributed by atoms with Crippen LogP contribution < -0.4 is 10.1 Å². The average Bonchev–Trinajstić information content (AvgIpc) is 3.31. The average molecular weight is 514 g/mol. The summed E-state index contributed by atoms with van der Waals surface area (Å²) in [6.07, 6.45) is 3.47. The second kappa shape index (κ2) is 13.7. The number of amides is 1. The Morgan fingerprint density at radius 3 is 2.24 bits per heavy atom. The van der Waals surface area contributed by atoms with E-state index >= 15 is 0 Å². The first-order valence-corrected chi connectivity index (χ1v) is 13.9. The Labute approximate surface area is 224 Å². The standard InChI is InChI=1S/C31H35N3O2S/c1-3-4-21-34-30(26-14-9-6-10-15-26)29(25-12-7-5-8-13-25)33-31(34)37-22-11-20-32-28(35)23-24-16-18-27(36-2)19-17-24/h5-10,12-19H,3-4,11,20-23H2,1-2H3,(H,32,35). The number of thioether (sulfide) groups is 1. The Bertz CT molecular complexity index is 1260. The summed E-state index contributed by atoms with van der Waals surface area (Å²) < 4.78 is 7.56. The Balaban J connectivity index is 1.42. The predicted molar refractivity (Wildman–Crippen MR) is 153 cm³/mol. The van der Waals surface area contributed by atoms with Crippen molar-refractivity contribution in [1.82, 2.24) is 14.9 Å². The minimum Gasteiger partial charge on any atom is -0.497 e. The summed E-state index contributed by atoms with van der Waals surface area (Å²) in [5.74, 6) is 1.72. The first-order valence-electron chi connectivity index (χ1n) is 12.9. The van der Waals surface area contributed by atoms with Gasteiger partial charge < -0.3 is 14.6 Å². The van der Waals surface area contributed by atoms with Crippen LogP contribution in [-0.4, -0.2) is 34.9 Å². The molecule has 5 nitrogen and oxygen atoms in total. The number of hydrogen-bond acceptors (Lipinski definition) is 4. The maximum absolute atomic E-state index is 12.4. The van der Waals surface area contributed by atoms with E-state index < -0.39 is 0 Å². The van der Waals surface area contributed by atoms with Gasteiger partial charge in [0.05, 0.1) is 24.9 Å². The van der Waals surface area contributed by atoms with Gasteiger partial charge in [-0.05, 0) is 30.5 Å². The zero-order chi connectivity index (χ0) is 25.9.